The molecule has 56 heavy (non-hydrogen) atoms. The van der Waals surface area contributed by atoms with E-state index in [2.05, 4.69) is 180 Å². The minimum absolute atomic E-state index is 0.712. The van der Waals surface area contributed by atoms with E-state index < -0.39 is 0 Å². The molecule has 0 aliphatic carbocycles. The van der Waals surface area contributed by atoms with E-state index >= 15 is 0 Å². The molecule has 0 N–H and O–H groups in total. The maximum Gasteiger partial charge on any atom is 0.160 e. The maximum atomic E-state index is 5.14. The van der Waals surface area contributed by atoms with Gasteiger partial charge >= 0.3 is 0 Å². The molecule has 11 rings (SSSR count). The zero-order valence-corrected chi connectivity index (χ0v) is 31.1. The number of nitrogens with zero attached hydrogens (tertiary/aromatic N) is 3. The molecule has 0 radical (unpaired) electrons. The number of rotatable bonds is 6. The van der Waals surface area contributed by atoms with Gasteiger partial charge in [0.05, 0.1) is 22.4 Å². The van der Waals surface area contributed by atoms with E-state index in [0.717, 1.165) is 39.3 Å². The van der Waals surface area contributed by atoms with Gasteiger partial charge in [-0.1, -0.05) is 146 Å². The minimum Gasteiger partial charge on any atom is -0.309 e. The molecule has 0 aliphatic rings. The van der Waals surface area contributed by atoms with Crippen LogP contribution in [0.2, 0.25) is 0 Å². The van der Waals surface area contributed by atoms with Gasteiger partial charge in [0.25, 0.3) is 0 Å². The van der Waals surface area contributed by atoms with E-state index in [0.29, 0.717) is 5.82 Å². The fraction of sp³-hybridized carbons (Fsp3) is 0. The first-order valence-corrected chi connectivity index (χ1v) is 19.7. The van der Waals surface area contributed by atoms with Crippen LogP contribution in [-0.2, 0) is 0 Å². The lowest BCUT2D eigenvalue weighted by atomic mass is 9.97. The number of thiophene rings is 1. The number of hydrogen-bond acceptors (Lipinski definition) is 3. The second kappa shape index (κ2) is 13.3. The average Bonchev–Trinajstić information content (AvgIpc) is 3.82. The molecule has 0 saturated heterocycles. The lowest BCUT2D eigenvalue weighted by molar-refractivity contribution is 1.18. The summed E-state index contributed by atoms with van der Waals surface area (Å²) >= 11 is 1.86. The van der Waals surface area contributed by atoms with E-state index in [9.17, 15) is 0 Å². The molecule has 3 nitrogen and oxygen atoms in total. The lowest BCUT2D eigenvalue weighted by Crippen LogP contribution is -1.96. The zero-order chi connectivity index (χ0) is 37.0. The molecule has 3 aromatic heterocycles. The van der Waals surface area contributed by atoms with E-state index in [4.69, 9.17) is 9.97 Å². The molecule has 0 saturated carbocycles. The van der Waals surface area contributed by atoms with Gasteiger partial charge in [-0.3, -0.25) is 0 Å². The van der Waals surface area contributed by atoms with Crippen LogP contribution in [0.3, 0.4) is 0 Å². The number of para-hydroxylation sites is 1. The third kappa shape index (κ3) is 5.50. The Morgan fingerprint density at radius 2 is 0.946 bits per heavy atom. The lowest BCUT2D eigenvalue weighted by Gasteiger charge is -2.12. The van der Waals surface area contributed by atoms with Crippen LogP contribution in [0.4, 0.5) is 0 Å². The Morgan fingerprint density at radius 1 is 0.357 bits per heavy atom. The largest absolute Gasteiger partial charge is 0.309 e. The van der Waals surface area contributed by atoms with E-state index in [1.165, 1.54) is 58.7 Å². The first kappa shape index (κ1) is 32.3. The molecular weight excluding hydrogens is 699 g/mol. The summed E-state index contributed by atoms with van der Waals surface area (Å²) in [5, 5.41) is 5.04. The molecule has 0 fully saturated rings. The van der Waals surface area contributed by atoms with Crippen LogP contribution in [0.1, 0.15) is 0 Å². The molecule has 3 heterocycles. The molecule has 262 valence electrons. The molecule has 4 heteroatoms. The number of fused-ring (bicyclic) bond motifs is 6. The number of aromatic nitrogens is 3. The Bertz CT molecular complexity index is 3180. The Hall–Kier alpha value is -7.14. The van der Waals surface area contributed by atoms with Crippen molar-refractivity contribution >= 4 is 53.3 Å². The summed E-state index contributed by atoms with van der Waals surface area (Å²) in [6, 6.07) is 71.5. The first-order valence-electron chi connectivity index (χ1n) is 18.9. The first-order chi connectivity index (χ1) is 27.7. The quantitative estimate of drug-likeness (QED) is 0.170. The van der Waals surface area contributed by atoms with Crippen molar-refractivity contribution in [3.8, 4) is 61.8 Å². The molecule has 0 bridgehead atoms. The van der Waals surface area contributed by atoms with Crippen LogP contribution < -0.4 is 0 Å². The fourth-order valence-corrected chi connectivity index (χ4v) is 9.23. The van der Waals surface area contributed by atoms with Gasteiger partial charge in [-0.05, 0) is 76.9 Å². The summed E-state index contributed by atoms with van der Waals surface area (Å²) in [5.41, 5.74) is 13.2. The Balaban J connectivity index is 1.07. The second-order valence-corrected chi connectivity index (χ2v) is 15.3. The van der Waals surface area contributed by atoms with Gasteiger partial charge in [-0.25, -0.2) is 9.97 Å². The van der Waals surface area contributed by atoms with Gasteiger partial charge < -0.3 is 4.57 Å². The van der Waals surface area contributed by atoms with Gasteiger partial charge in [-0.2, -0.15) is 0 Å². The van der Waals surface area contributed by atoms with Crippen molar-refractivity contribution in [3.63, 3.8) is 0 Å². The summed E-state index contributed by atoms with van der Waals surface area (Å²) in [6.07, 6.45) is 0. The molecule has 8 aromatic carbocycles. The Morgan fingerprint density at radius 3 is 1.73 bits per heavy atom. The summed E-state index contributed by atoms with van der Waals surface area (Å²) in [4.78, 5) is 10.2. The molecule has 0 amide bonds. The van der Waals surface area contributed by atoms with Crippen LogP contribution in [0.25, 0.3) is 104 Å². The third-order valence-electron chi connectivity index (χ3n) is 10.8. The molecule has 0 aliphatic heterocycles. The van der Waals surface area contributed by atoms with Crippen molar-refractivity contribution < 1.29 is 0 Å². The topological polar surface area (TPSA) is 30.7 Å². The summed E-state index contributed by atoms with van der Waals surface area (Å²) in [6.45, 7) is 0. The van der Waals surface area contributed by atoms with Crippen LogP contribution >= 0.6 is 11.3 Å². The molecule has 0 spiro atoms. The number of hydrogen-bond donors (Lipinski definition) is 0. The highest BCUT2D eigenvalue weighted by atomic mass is 32.1. The Labute approximate surface area is 328 Å². The van der Waals surface area contributed by atoms with Gasteiger partial charge in [-0.15, -0.1) is 11.3 Å². The predicted molar refractivity (Wildman–Crippen MR) is 236 cm³/mol. The summed E-state index contributed by atoms with van der Waals surface area (Å²) in [5.74, 6) is 0.712. The monoisotopic (exact) mass is 731 g/mol. The maximum absolute atomic E-state index is 5.14. The van der Waals surface area contributed by atoms with Crippen molar-refractivity contribution in [1.29, 1.82) is 0 Å². The van der Waals surface area contributed by atoms with Crippen molar-refractivity contribution in [2.75, 3.05) is 0 Å². The van der Waals surface area contributed by atoms with Crippen molar-refractivity contribution in [3.05, 3.63) is 200 Å². The van der Waals surface area contributed by atoms with E-state index in [-0.39, 0.29) is 0 Å². The van der Waals surface area contributed by atoms with Crippen LogP contribution in [-0.4, -0.2) is 14.5 Å². The van der Waals surface area contributed by atoms with Crippen LogP contribution in [0.15, 0.2) is 200 Å². The van der Waals surface area contributed by atoms with Crippen molar-refractivity contribution in [2.24, 2.45) is 0 Å². The van der Waals surface area contributed by atoms with Crippen LogP contribution in [0, 0.1) is 0 Å². The SMILES string of the molecule is c1ccc(-c2ccc3sc4ccc(-n5c6ccccc6c6c(-c7cccc(-c8cc(-c9ccccc9)nc(-c9ccccc9)n8)c7)cccc65)cc4c3c2)cc1. The van der Waals surface area contributed by atoms with Crippen LogP contribution in [0.5, 0.6) is 0 Å². The zero-order valence-electron chi connectivity index (χ0n) is 30.3. The predicted octanol–water partition coefficient (Wildman–Crippen LogP) is 14.3. The van der Waals surface area contributed by atoms with Gasteiger partial charge in [0, 0.05) is 53.3 Å². The standard InChI is InChI=1S/C52H33N3S/c1-4-14-34(15-5-1)37-26-28-49-43(31-37)44-32-40(27-29-50(44)56-49)55-47-24-11-10-22-42(47)51-41(23-13-25-48(51)55)38-20-12-21-39(30-38)46-33-45(35-16-6-2-7-17-35)53-52(54-46)36-18-8-3-9-19-36/h1-33H. The molecule has 0 unspecified atom stereocenters. The smallest absolute Gasteiger partial charge is 0.160 e. The highest BCUT2D eigenvalue weighted by molar-refractivity contribution is 7.25. The van der Waals surface area contributed by atoms with Crippen molar-refractivity contribution in [2.45, 2.75) is 0 Å². The highest BCUT2D eigenvalue weighted by Crippen LogP contribution is 2.42. The minimum atomic E-state index is 0.712. The average molecular weight is 732 g/mol. The molecule has 11 aromatic rings. The van der Waals surface area contributed by atoms with Crippen molar-refractivity contribution in [1.82, 2.24) is 14.5 Å². The third-order valence-corrected chi connectivity index (χ3v) is 12.0. The van der Waals surface area contributed by atoms with Gasteiger partial charge in [0.2, 0.25) is 0 Å². The van der Waals surface area contributed by atoms with Gasteiger partial charge in [0.1, 0.15) is 0 Å². The highest BCUT2D eigenvalue weighted by Gasteiger charge is 2.18. The van der Waals surface area contributed by atoms with E-state index in [1.807, 2.05) is 35.6 Å². The molecular formula is C52H33N3S. The van der Waals surface area contributed by atoms with E-state index in [1.54, 1.807) is 0 Å². The fourth-order valence-electron chi connectivity index (χ4n) is 8.17. The summed E-state index contributed by atoms with van der Waals surface area (Å²) < 4.78 is 5.03. The Kier molecular flexibility index (Phi) is 7.68. The van der Waals surface area contributed by atoms with Gasteiger partial charge in [0.15, 0.2) is 5.82 Å². The normalized spacial score (nSPS) is 11.6. The summed E-state index contributed by atoms with van der Waals surface area (Å²) in [7, 11) is 0. The second-order valence-electron chi connectivity index (χ2n) is 14.2. The molecule has 0 atom stereocenters. The number of benzene rings is 8.